The first-order valence-corrected chi connectivity index (χ1v) is 7.22. The molecule has 13 heavy (non-hydrogen) atoms. The summed E-state index contributed by atoms with van der Waals surface area (Å²) < 4.78 is 1.92. The zero-order valence-corrected chi connectivity index (χ0v) is 11.7. The predicted octanol–water partition coefficient (Wildman–Crippen LogP) is 5.18. The number of unbranched alkanes of at least 4 members (excludes halogenated alkanes) is 3. The van der Waals surface area contributed by atoms with Crippen molar-refractivity contribution < 1.29 is 1.43 Å². The Balaban J connectivity index is -0.000000163. The van der Waals surface area contributed by atoms with E-state index in [9.17, 15) is 0 Å². The molecular formula is C12H30Al. The molecule has 0 bridgehead atoms. The molecule has 0 saturated heterocycles. The normalized spacial score (nSPS) is 9.85. The second kappa shape index (κ2) is 12.5. The summed E-state index contributed by atoms with van der Waals surface area (Å²) >= 11 is 0.713. The van der Waals surface area contributed by atoms with E-state index in [1.165, 1.54) is 25.7 Å². The maximum absolute atomic E-state index is 2.30. The Morgan fingerprint density at radius 3 is 1.23 bits per heavy atom. The van der Waals surface area contributed by atoms with Crippen LogP contribution in [0.3, 0.4) is 0 Å². The van der Waals surface area contributed by atoms with Gasteiger partial charge in [-0.3, -0.25) is 0 Å². The molecule has 0 heterocycles. The van der Waals surface area contributed by atoms with Crippen LogP contribution in [0, 0.1) is 0 Å². The first-order chi connectivity index (χ1) is 6.04. The number of rotatable bonds is 5. The van der Waals surface area contributed by atoms with Crippen LogP contribution in [0.2, 0.25) is 9.56 Å². The van der Waals surface area contributed by atoms with Crippen LogP contribution in [0.25, 0.3) is 0 Å². The van der Waals surface area contributed by atoms with Crippen molar-refractivity contribution in [1.29, 1.82) is 0 Å². The summed E-state index contributed by atoms with van der Waals surface area (Å²) in [5.74, 6) is 0. The van der Waals surface area contributed by atoms with E-state index in [2.05, 4.69) is 41.5 Å². The Morgan fingerprint density at radius 2 is 1.15 bits per heavy atom. The Kier molecular flexibility index (Phi) is 15.4. The molecule has 0 aliphatic rings. The highest BCUT2D eigenvalue weighted by molar-refractivity contribution is 6.38. The van der Waals surface area contributed by atoms with E-state index in [1.54, 1.807) is 0 Å². The monoisotopic (exact) mass is 201 g/mol. The summed E-state index contributed by atoms with van der Waals surface area (Å²) in [6.07, 6.45) is 5.54. The molecule has 1 heteroatoms. The van der Waals surface area contributed by atoms with Crippen LogP contribution < -0.4 is 0 Å². The van der Waals surface area contributed by atoms with Crippen LogP contribution in [0.15, 0.2) is 0 Å². The smallest absolute Gasteiger partial charge is 0.0983 e. The predicted molar refractivity (Wildman–Crippen MR) is 67.9 cm³/mol. The molecule has 0 spiro atoms. The Morgan fingerprint density at radius 1 is 0.846 bits per heavy atom. The van der Waals surface area contributed by atoms with E-state index in [0.717, 1.165) is 9.56 Å². The van der Waals surface area contributed by atoms with Gasteiger partial charge in [-0.1, -0.05) is 76.8 Å². The highest BCUT2D eigenvalue weighted by Gasteiger charge is 1.99. The lowest BCUT2D eigenvalue weighted by Gasteiger charge is -2.02. The van der Waals surface area contributed by atoms with E-state index in [1.807, 2.05) is 0 Å². The molecule has 0 fully saturated rings. The van der Waals surface area contributed by atoms with Gasteiger partial charge in [0.15, 0.2) is 0 Å². The summed E-state index contributed by atoms with van der Waals surface area (Å²) in [5.41, 5.74) is 0. The van der Waals surface area contributed by atoms with E-state index in [-0.39, 0.29) is 1.43 Å². The van der Waals surface area contributed by atoms with Crippen molar-refractivity contribution in [3.05, 3.63) is 0 Å². The molecule has 0 aliphatic carbocycles. The molecule has 0 unspecified atom stereocenters. The fourth-order valence-electron chi connectivity index (χ4n) is 1.27. The van der Waals surface area contributed by atoms with Crippen molar-refractivity contribution in [3.8, 4) is 0 Å². The zero-order chi connectivity index (χ0) is 10.7. The molecule has 81 valence electrons. The molecule has 1 radical (unpaired) electrons. The van der Waals surface area contributed by atoms with Crippen LogP contribution >= 0.6 is 0 Å². The van der Waals surface area contributed by atoms with Gasteiger partial charge in [-0.25, -0.2) is 0 Å². The lowest BCUT2D eigenvalue weighted by Crippen LogP contribution is -1.98. The molecule has 0 atom stereocenters. The van der Waals surface area contributed by atoms with E-state index < -0.39 is 0 Å². The SMILES string of the molecule is CCCCCC.C[CH](C)[Al][CH](C)C.[HH]. The maximum atomic E-state index is 2.30. The van der Waals surface area contributed by atoms with Crippen molar-refractivity contribution in [2.24, 2.45) is 0 Å². The Bertz CT molecular complexity index is 72.4. The van der Waals surface area contributed by atoms with Gasteiger partial charge in [-0.2, -0.15) is 0 Å². The fraction of sp³-hybridized carbons (Fsp3) is 1.00. The van der Waals surface area contributed by atoms with Crippen LogP contribution in [-0.2, 0) is 0 Å². The summed E-state index contributed by atoms with van der Waals surface area (Å²) in [6, 6.07) is 0. The topological polar surface area (TPSA) is 0 Å². The molecule has 0 aromatic carbocycles. The van der Waals surface area contributed by atoms with Gasteiger partial charge in [-0.15, -0.1) is 0 Å². The molecule has 0 N–H and O–H groups in total. The number of hydrogen-bond acceptors (Lipinski definition) is 0. The minimum atomic E-state index is 0. The van der Waals surface area contributed by atoms with Crippen LogP contribution in [0.1, 0.15) is 68.7 Å². The summed E-state index contributed by atoms with van der Waals surface area (Å²) in [6.45, 7) is 13.7. The molecule has 0 amide bonds. The van der Waals surface area contributed by atoms with Gasteiger partial charge < -0.3 is 0 Å². The molecule has 0 nitrogen and oxygen atoms in total. The zero-order valence-electron chi connectivity index (χ0n) is 10.6. The highest BCUT2D eigenvalue weighted by atomic mass is 27.1. The third-order valence-electron chi connectivity index (χ3n) is 1.73. The van der Waals surface area contributed by atoms with Crippen molar-refractivity contribution in [2.75, 3.05) is 0 Å². The van der Waals surface area contributed by atoms with Crippen molar-refractivity contribution in [1.82, 2.24) is 0 Å². The molecule has 0 aromatic rings. The van der Waals surface area contributed by atoms with Crippen molar-refractivity contribution in [3.63, 3.8) is 0 Å². The Hall–Kier alpha value is 0.532. The van der Waals surface area contributed by atoms with Crippen molar-refractivity contribution >= 4 is 15.2 Å². The second-order valence-electron chi connectivity index (χ2n) is 4.39. The molecule has 0 saturated carbocycles. The van der Waals surface area contributed by atoms with E-state index in [4.69, 9.17) is 0 Å². The molecule has 0 rings (SSSR count). The maximum Gasteiger partial charge on any atom is 0.208 e. The summed E-state index contributed by atoms with van der Waals surface area (Å²) in [7, 11) is 0. The Labute approximate surface area is 93.7 Å². The molecule has 0 aliphatic heterocycles. The van der Waals surface area contributed by atoms with Crippen molar-refractivity contribution in [2.45, 2.75) is 76.8 Å². The van der Waals surface area contributed by atoms with Crippen LogP contribution in [0.4, 0.5) is 0 Å². The van der Waals surface area contributed by atoms with Crippen LogP contribution in [-0.4, -0.2) is 15.2 Å². The minimum absolute atomic E-state index is 0. The van der Waals surface area contributed by atoms with Gasteiger partial charge in [0.2, 0.25) is 15.2 Å². The van der Waals surface area contributed by atoms with E-state index >= 15 is 0 Å². The average Bonchev–Trinajstić information content (AvgIpc) is 1.99. The first-order valence-electron chi connectivity index (χ1n) is 5.89. The lowest BCUT2D eigenvalue weighted by molar-refractivity contribution is 0.702. The standard InChI is InChI=1S/C6H14.2C3H7.Al.H2/c1-3-5-6-4-2;2*1-3-2;;/h3-6H2,1-2H3;2*3H,1-2H3;;1H. The lowest BCUT2D eigenvalue weighted by atomic mass is 10.2. The van der Waals surface area contributed by atoms with Gasteiger partial charge in [0.05, 0.1) is 0 Å². The third-order valence-corrected chi connectivity index (χ3v) is 3.27. The van der Waals surface area contributed by atoms with Gasteiger partial charge in [0, 0.05) is 1.43 Å². The summed E-state index contributed by atoms with van der Waals surface area (Å²) in [5, 5.41) is 0. The largest absolute Gasteiger partial charge is 0.208 e. The number of hydrogen-bond donors (Lipinski definition) is 0. The second-order valence-corrected chi connectivity index (χ2v) is 7.44. The van der Waals surface area contributed by atoms with E-state index in [0.29, 0.717) is 15.2 Å². The minimum Gasteiger partial charge on any atom is -0.0983 e. The van der Waals surface area contributed by atoms with Crippen LogP contribution in [0.5, 0.6) is 0 Å². The van der Waals surface area contributed by atoms with Gasteiger partial charge >= 0.3 is 0 Å². The van der Waals surface area contributed by atoms with Gasteiger partial charge in [0.1, 0.15) is 0 Å². The fourth-order valence-corrected chi connectivity index (χ4v) is 2.81. The molecular weight excluding hydrogens is 171 g/mol. The average molecular weight is 201 g/mol. The highest BCUT2D eigenvalue weighted by Crippen LogP contribution is 2.07. The third kappa shape index (κ3) is 24.5. The van der Waals surface area contributed by atoms with Gasteiger partial charge in [0.25, 0.3) is 0 Å². The van der Waals surface area contributed by atoms with Gasteiger partial charge in [-0.05, 0) is 0 Å². The molecule has 0 aromatic heterocycles. The quantitative estimate of drug-likeness (QED) is 0.424. The summed E-state index contributed by atoms with van der Waals surface area (Å²) in [4.78, 5) is 0. The first kappa shape index (κ1) is 16.0.